The van der Waals surface area contributed by atoms with E-state index in [1.54, 1.807) is 0 Å². The third kappa shape index (κ3) is 47.5. The van der Waals surface area contributed by atoms with Gasteiger partial charge in [-0.15, -0.1) is 0 Å². The molecule has 0 aliphatic heterocycles. The van der Waals surface area contributed by atoms with Crippen molar-refractivity contribution in [2.75, 3.05) is 19.8 Å². The van der Waals surface area contributed by atoms with Crippen LogP contribution >= 0.6 is 0 Å². The highest BCUT2D eigenvalue weighted by Crippen LogP contribution is 2.14. The van der Waals surface area contributed by atoms with Gasteiger partial charge in [0.15, 0.2) is 6.10 Å². The predicted octanol–water partition coefficient (Wildman–Crippen LogP) is 16.7. The molecule has 0 heterocycles. The Bertz CT molecular complexity index is 1170. The zero-order valence-corrected chi connectivity index (χ0v) is 39.2. The lowest BCUT2D eigenvalue weighted by molar-refractivity contribution is -0.163. The summed E-state index contributed by atoms with van der Waals surface area (Å²) >= 11 is 0. The Morgan fingerprint density at radius 1 is 0.383 bits per heavy atom. The summed E-state index contributed by atoms with van der Waals surface area (Å²) in [5, 5.41) is 0. The molecular weight excluding hydrogens is 741 g/mol. The maximum Gasteiger partial charge on any atom is 0.306 e. The molecule has 0 rings (SSSR count). The van der Waals surface area contributed by atoms with Crippen LogP contribution in [0.3, 0.4) is 0 Å². The molecule has 60 heavy (non-hydrogen) atoms. The minimum atomic E-state index is -0.572. The zero-order valence-electron chi connectivity index (χ0n) is 39.2. The van der Waals surface area contributed by atoms with Crippen LogP contribution in [0.25, 0.3) is 0 Å². The first-order valence-corrected chi connectivity index (χ1v) is 24.8. The second-order valence-electron chi connectivity index (χ2n) is 16.0. The average Bonchev–Trinajstić information content (AvgIpc) is 3.25. The molecule has 0 aliphatic rings. The fourth-order valence-electron chi connectivity index (χ4n) is 6.50. The molecule has 0 aromatic heterocycles. The Kier molecular flexibility index (Phi) is 47.5. The fourth-order valence-corrected chi connectivity index (χ4v) is 6.50. The van der Waals surface area contributed by atoms with E-state index in [4.69, 9.17) is 14.2 Å². The molecule has 0 amide bonds. The molecule has 0 saturated heterocycles. The summed E-state index contributed by atoms with van der Waals surface area (Å²) in [7, 11) is 0. The summed E-state index contributed by atoms with van der Waals surface area (Å²) in [4.78, 5) is 25.3. The van der Waals surface area contributed by atoms with Gasteiger partial charge in [0.1, 0.15) is 6.61 Å². The lowest BCUT2D eigenvalue weighted by Crippen LogP contribution is -2.30. The van der Waals surface area contributed by atoms with Crippen LogP contribution in [0.1, 0.15) is 213 Å². The van der Waals surface area contributed by atoms with Crippen LogP contribution < -0.4 is 0 Å². The molecule has 0 fully saturated rings. The van der Waals surface area contributed by atoms with E-state index in [1.165, 1.54) is 70.6 Å². The average molecular weight is 833 g/mol. The second kappa shape index (κ2) is 50.2. The molecule has 1 unspecified atom stereocenters. The topological polar surface area (TPSA) is 61.8 Å². The molecule has 0 saturated carbocycles. The standard InChI is InChI=1S/C55H92O5/c1-4-7-10-13-16-19-22-24-26-27-28-29-30-31-34-36-39-42-45-48-54(56)59-52-53(60-55(57)49-46-43-40-37-33-21-18-15-12-9-6-3)51-58-50-47-44-41-38-35-32-25-23-20-17-14-11-8-5-2/h7-8,10-11,16-17,19-20,24-26,28-29,32,38,41,53H,4-6,9,12-15,18,21-23,27,30-31,33-37,39-40,42-52H2,1-3H3/b10-7-,11-8-,19-16-,20-17-,26-24-,29-28-,32-25-,41-38-. The third-order valence-corrected chi connectivity index (χ3v) is 10.1. The zero-order chi connectivity index (χ0) is 43.5. The van der Waals surface area contributed by atoms with Crippen LogP contribution in [-0.2, 0) is 23.8 Å². The maximum absolute atomic E-state index is 12.7. The van der Waals surface area contributed by atoms with E-state index in [0.717, 1.165) is 109 Å². The van der Waals surface area contributed by atoms with E-state index in [9.17, 15) is 9.59 Å². The van der Waals surface area contributed by atoms with Crippen molar-refractivity contribution in [2.45, 2.75) is 219 Å². The second-order valence-corrected chi connectivity index (χ2v) is 16.0. The highest BCUT2D eigenvalue weighted by molar-refractivity contribution is 5.70. The molecule has 0 N–H and O–H groups in total. The molecule has 5 nitrogen and oxygen atoms in total. The Balaban J connectivity index is 4.34. The Morgan fingerprint density at radius 3 is 1.20 bits per heavy atom. The quantitative estimate of drug-likeness (QED) is 0.0348. The Hall–Kier alpha value is -3.18. The molecule has 0 radical (unpaired) electrons. The van der Waals surface area contributed by atoms with Crippen LogP contribution in [0.5, 0.6) is 0 Å². The molecular formula is C55H92O5. The van der Waals surface area contributed by atoms with Crippen molar-refractivity contribution in [1.29, 1.82) is 0 Å². The smallest absolute Gasteiger partial charge is 0.306 e. The van der Waals surface area contributed by atoms with Gasteiger partial charge in [0.05, 0.1) is 6.61 Å². The van der Waals surface area contributed by atoms with E-state index >= 15 is 0 Å². The van der Waals surface area contributed by atoms with E-state index in [-0.39, 0.29) is 25.2 Å². The number of hydrogen-bond acceptors (Lipinski definition) is 5. The van der Waals surface area contributed by atoms with Gasteiger partial charge in [-0.2, -0.15) is 0 Å². The first kappa shape index (κ1) is 56.8. The van der Waals surface area contributed by atoms with Crippen molar-refractivity contribution in [1.82, 2.24) is 0 Å². The van der Waals surface area contributed by atoms with Crippen LogP contribution in [0, 0.1) is 0 Å². The molecule has 342 valence electrons. The summed E-state index contributed by atoms with van der Waals surface area (Å²) in [6.45, 7) is 7.44. The molecule has 0 bridgehead atoms. The van der Waals surface area contributed by atoms with Gasteiger partial charge in [-0.1, -0.05) is 208 Å². The van der Waals surface area contributed by atoms with Crippen LogP contribution in [0.2, 0.25) is 0 Å². The number of allylic oxidation sites excluding steroid dienone is 16. The summed E-state index contributed by atoms with van der Waals surface area (Å²) in [5.74, 6) is -0.447. The maximum atomic E-state index is 12.7. The van der Waals surface area contributed by atoms with Crippen molar-refractivity contribution in [3.8, 4) is 0 Å². The van der Waals surface area contributed by atoms with Crippen molar-refractivity contribution in [2.24, 2.45) is 0 Å². The van der Waals surface area contributed by atoms with E-state index in [1.807, 2.05) is 0 Å². The largest absolute Gasteiger partial charge is 0.462 e. The van der Waals surface area contributed by atoms with Gasteiger partial charge < -0.3 is 14.2 Å². The SMILES string of the molecule is CC/C=C\C/C=C\C/C=C\C/C=C\CCCCCCCCC(=O)OCC(COCCC/C=C\C/C=C\C/C=C\C/C=C\CC)OC(=O)CCCCCCCCCCCCC. The highest BCUT2D eigenvalue weighted by Gasteiger charge is 2.17. The van der Waals surface area contributed by atoms with Crippen molar-refractivity contribution < 1.29 is 23.8 Å². The Morgan fingerprint density at radius 2 is 0.750 bits per heavy atom. The first-order valence-electron chi connectivity index (χ1n) is 24.8. The van der Waals surface area contributed by atoms with Gasteiger partial charge >= 0.3 is 11.9 Å². The number of unbranched alkanes of at least 4 members (excludes halogenated alkanes) is 17. The summed E-state index contributed by atoms with van der Waals surface area (Å²) < 4.78 is 17.3. The van der Waals surface area contributed by atoms with Crippen LogP contribution in [-0.4, -0.2) is 37.9 Å². The van der Waals surface area contributed by atoms with E-state index in [2.05, 4.69) is 118 Å². The van der Waals surface area contributed by atoms with Gasteiger partial charge in [-0.3, -0.25) is 9.59 Å². The number of carbonyl (C=O) groups excluding carboxylic acids is 2. The number of carbonyl (C=O) groups is 2. The van der Waals surface area contributed by atoms with Crippen molar-refractivity contribution in [3.05, 3.63) is 97.2 Å². The minimum absolute atomic E-state index is 0.0526. The van der Waals surface area contributed by atoms with E-state index in [0.29, 0.717) is 19.4 Å². The Labute approximate surface area is 371 Å². The number of hydrogen-bond donors (Lipinski definition) is 0. The van der Waals surface area contributed by atoms with Crippen LogP contribution in [0.15, 0.2) is 97.2 Å². The summed E-state index contributed by atoms with van der Waals surface area (Å²) in [6, 6.07) is 0. The third-order valence-electron chi connectivity index (χ3n) is 10.1. The lowest BCUT2D eigenvalue weighted by atomic mass is 10.1. The molecule has 5 heteroatoms. The fraction of sp³-hybridized carbons (Fsp3) is 0.673. The first-order chi connectivity index (χ1) is 29.6. The molecule has 1 atom stereocenters. The summed E-state index contributed by atoms with van der Waals surface area (Å²) in [6.07, 6.45) is 67.1. The summed E-state index contributed by atoms with van der Waals surface area (Å²) in [5.41, 5.74) is 0. The van der Waals surface area contributed by atoms with Gasteiger partial charge in [0.2, 0.25) is 0 Å². The van der Waals surface area contributed by atoms with Gasteiger partial charge in [0.25, 0.3) is 0 Å². The normalized spacial score (nSPS) is 13.1. The highest BCUT2D eigenvalue weighted by atomic mass is 16.6. The number of rotatable bonds is 44. The van der Waals surface area contributed by atoms with Gasteiger partial charge in [-0.25, -0.2) is 0 Å². The number of esters is 2. The monoisotopic (exact) mass is 833 g/mol. The predicted molar refractivity (Wildman–Crippen MR) is 260 cm³/mol. The van der Waals surface area contributed by atoms with Gasteiger partial charge in [0, 0.05) is 19.4 Å². The molecule has 0 aliphatic carbocycles. The van der Waals surface area contributed by atoms with Gasteiger partial charge in [-0.05, 0) is 89.9 Å². The lowest BCUT2D eigenvalue weighted by Gasteiger charge is -2.18. The molecule has 0 spiro atoms. The molecule has 0 aromatic rings. The molecule has 0 aromatic carbocycles. The minimum Gasteiger partial charge on any atom is -0.462 e. The number of ether oxygens (including phenoxy) is 3. The van der Waals surface area contributed by atoms with E-state index < -0.39 is 6.10 Å². The van der Waals surface area contributed by atoms with Crippen LogP contribution in [0.4, 0.5) is 0 Å². The van der Waals surface area contributed by atoms with Crippen molar-refractivity contribution >= 4 is 11.9 Å². The van der Waals surface area contributed by atoms with Crippen molar-refractivity contribution in [3.63, 3.8) is 0 Å².